The zero-order chi connectivity index (χ0) is 30.0. The maximum absolute atomic E-state index is 11.9. The molecule has 0 saturated carbocycles. The van der Waals surface area contributed by atoms with Crippen molar-refractivity contribution in [2.45, 2.75) is 39.4 Å². The van der Waals surface area contributed by atoms with Crippen molar-refractivity contribution in [2.75, 3.05) is 26.3 Å². The van der Waals surface area contributed by atoms with Gasteiger partial charge >= 0.3 is 18.1 Å². The molecule has 3 N–H and O–H groups in total. The molecular formula is C22H33Cl2F5N4O4S. The average Bonchev–Trinajstić information content (AvgIpc) is 2.92. The summed E-state index contributed by atoms with van der Waals surface area (Å²) in [5, 5.41) is 2.99. The number of alkyl halides is 4. The number of nitrogens with one attached hydrogen (secondary N) is 1. The lowest BCUT2D eigenvalue weighted by Crippen LogP contribution is -2.24. The Morgan fingerprint density at radius 1 is 1.05 bits per heavy atom. The van der Waals surface area contributed by atoms with E-state index in [1.165, 1.54) is 6.07 Å². The summed E-state index contributed by atoms with van der Waals surface area (Å²) in [4.78, 5) is 28.4. The molecule has 0 fully saturated rings. The van der Waals surface area contributed by atoms with Gasteiger partial charge in [-0.2, -0.15) is 17.1 Å². The third-order valence-corrected chi connectivity index (χ3v) is 3.93. The smallest absolute Gasteiger partial charge is 0.433 e. The quantitative estimate of drug-likeness (QED) is 0.168. The maximum Gasteiger partial charge on any atom is 0.433 e. The summed E-state index contributed by atoms with van der Waals surface area (Å²) < 4.78 is 67.2. The van der Waals surface area contributed by atoms with Gasteiger partial charge in [0.15, 0.2) is 0 Å². The van der Waals surface area contributed by atoms with E-state index in [1.807, 2.05) is 32.1 Å². The molecule has 0 radical (unpaired) electrons. The lowest BCUT2D eigenvalue weighted by molar-refractivity contribution is -0.142. The number of hydrogen-bond acceptors (Lipinski definition) is 9. The van der Waals surface area contributed by atoms with Crippen LogP contribution in [0.4, 0.5) is 21.8 Å². The minimum atomic E-state index is -4.37. The number of carbonyl (C=O) groups is 2. The molecule has 8 nitrogen and oxygen atoms in total. The van der Waals surface area contributed by atoms with E-state index < -0.39 is 11.9 Å². The highest BCUT2D eigenvalue weighted by molar-refractivity contribution is 7.74. The average molecular weight is 618 g/mol. The Kier molecular flexibility index (Phi) is 27.9. The van der Waals surface area contributed by atoms with Gasteiger partial charge in [0.05, 0.1) is 26.3 Å². The lowest BCUT2D eigenvalue weighted by atomic mass is 10.2. The Hall–Kier alpha value is -2.26. The Morgan fingerprint density at radius 2 is 1.58 bits per heavy atom. The minimum absolute atomic E-state index is 0. The highest BCUT2D eigenvalue weighted by Crippen LogP contribution is 2.27. The van der Waals surface area contributed by atoms with Crippen LogP contribution in [-0.4, -0.2) is 49.7 Å². The second-order valence-electron chi connectivity index (χ2n) is 6.41. The molecular weight excluding hydrogens is 582 g/mol. The normalized spacial score (nSPS) is 9.50. The second-order valence-corrected chi connectivity index (χ2v) is 6.68. The number of rotatable bonds is 8. The van der Waals surface area contributed by atoms with Crippen molar-refractivity contribution in [1.29, 1.82) is 1.45 Å². The van der Waals surface area contributed by atoms with Gasteiger partial charge in [0, 0.05) is 43.5 Å². The number of nitrogens with zero attached hydrogens (tertiary/aromatic N) is 2. The Labute approximate surface area is 237 Å². The van der Waals surface area contributed by atoms with Gasteiger partial charge in [-0.15, -0.1) is 24.0 Å². The van der Waals surface area contributed by atoms with E-state index >= 15 is 0 Å². The van der Waals surface area contributed by atoms with Crippen molar-refractivity contribution in [1.82, 2.24) is 15.3 Å². The molecule has 0 aliphatic rings. The van der Waals surface area contributed by atoms with Crippen molar-refractivity contribution in [3.63, 3.8) is 0 Å². The molecule has 0 aliphatic carbocycles. The van der Waals surface area contributed by atoms with E-state index in [-0.39, 0.29) is 43.3 Å². The van der Waals surface area contributed by atoms with E-state index in [4.69, 9.17) is 26.8 Å². The first-order valence-electron chi connectivity index (χ1n) is 10.8. The highest BCUT2D eigenvalue weighted by Gasteiger charge is 2.31. The summed E-state index contributed by atoms with van der Waals surface area (Å²) in [6, 6.07) is 6.16. The molecule has 0 bridgehead atoms. The van der Waals surface area contributed by atoms with Crippen LogP contribution in [0.3, 0.4) is 0 Å². The molecule has 0 unspecified atom stereocenters. The van der Waals surface area contributed by atoms with Crippen LogP contribution in [0, 0.1) is 6.92 Å². The molecule has 0 spiro atoms. The number of halogens is 7. The van der Waals surface area contributed by atoms with E-state index in [1.54, 1.807) is 20.0 Å². The van der Waals surface area contributed by atoms with Crippen molar-refractivity contribution < 1.29 is 40.8 Å². The predicted molar refractivity (Wildman–Crippen MR) is 142 cm³/mol. The van der Waals surface area contributed by atoms with E-state index in [9.17, 15) is 26.6 Å². The van der Waals surface area contributed by atoms with E-state index in [0.29, 0.717) is 25.3 Å². The molecule has 0 aliphatic heterocycles. The molecule has 0 amide bonds. The molecule has 2 rings (SSSR count). The predicted octanol–water partition coefficient (Wildman–Crippen LogP) is 4.77. The zero-order valence-electron chi connectivity index (χ0n) is 21.9. The number of hydrogen-bond donors (Lipinski definition) is 3. The number of thiol groups is 1. The Balaban J connectivity index is -0.000000229. The standard InChI is InChI=1S/C11H16N2O2.C7H5ClF3N.C4H9NO2.ClH.FHS.FH/c1-3-15-11(14)8-12-6-10-5-4-9(2)13-7-10;8-3-5-1-2-6(12-4-5)7(9,10)11;1-2-7-4(6)3-5;;1-2;/h4-5,7,12H,3,6,8H2,1-2H3;1-2,4H,3H2;2-3,5H2,1H3;1H;2H;1H/i/hT. The summed E-state index contributed by atoms with van der Waals surface area (Å²) in [7, 11) is 0. The SMILES string of the molecule is CCOC(=O)CN.CCOC(=O)CNCc1ccc(C)nc1.Cl.FC(F)(F)c1ccc(CCl)cn1.FS.[3H]F. The topological polar surface area (TPSA) is 116 Å². The molecule has 2 aromatic heterocycles. The van der Waals surface area contributed by atoms with Gasteiger partial charge in [0.2, 0.25) is 0 Å². The van der Waals surface area contributed by atoms with Crippen molar-refractivity contribution in [3.05, 3.63) is 59.2 Å². The van der Waals surface area contributed by atoms with Crippen LogP contribution in [0.15, 0.2) is 36.7 Å². The fourth-order valence-electron chi connectivity index (χ4n) is 2.02. The Bertz CT molecular complexity index is 860. The second kappa shape index (κ2) is 26.4. The van der Waals surface area contributed by atoms with Crippen LogP contribution in [0.25, 0.3) is 0 Å². The van der Waals surface area contributed by atoms with Gasteiger partial charge in [-0.3, -0.25) is 24.3 Å². The number of nitrogens with two attached hydrogens (primary N) is 1. The molecule has 16 heteroatoms. The molecule has 2 heterocycles. The zero-order valence-corrected chi connectivity index (χ0v) is 23.4. The van der Waals surface area contributed by atoms with Crippen molar-refractivity contribution in [3.8, 4) is 0 Å². The number of ether oxygens (including phenoxy) is 2. The van der Waals surface area contributed by atoms with Gasteiger partial charge in [0.25, 0.3) is 1.45 Å². The molecule has 0 atom stereocenters. The Morgan fingerprint density at radius 3 is 1.95 bits per heavy atom. The first kappa shape index (κ1) is 40.2. The van der Waals surface area contributed by atoms with Crippen LogP contribution in [-0.2, 0) is 37.7 Å². The number of pyridine rings is 2. The summed E-state index contributed by atoms with van der Waals surface area (Å²) in [5.74, 6) is -0.398. The van der Waals surface area contributed by atoms with Gasteiger partial charge in [-0.05, 0) is 44.0 Å². The van der Waals surface area contributed by atoms with Crippen LogP contribution >= 0.6 is 37.0 Å². The fraction of sp³-hybridized carbons (Fsp3) is 0.455. The fourth-order valence-corrected chi connectivity index (χ4v) is 2.17. The van der Waals surface area contributed by atoms with E-state index in [0.717, 1.165) is 23.5 Å². The lowest BCUT2D eigenvalue weighted by Gasteiger charge is -2.04. The van der Waals surface area contributed by atoms with Gasteiger partial charge in [-0.25, -0.2) is 0 Å². The highest BCUT2D eigenvalue weighted by atomic mass is 35.5. The monoisotopic (exact) mass is 616 g/mol. The van der Waals surface area contributed by atoms with Crippen LogP contribution < -0.4 is 11.1 Å². The van der Waals surface area contributed by atoms with Crippen molar-refractivity contribution in [2.24, 2.45) is 5.73 Å². The largest absolute Gasteiger partial charge is 0.465 e. The van der Waals surface area contributed by atoms with Gasteiger partial charge in [0.1, 0.15) is 5.69 Å². The first-order chi connectivity index (χ1) is 18.1. The first-order valence-corrected chi connectivity index (χ1v) is 11.3. The number of esters is 2. The minimum Gasteiger partial charge on any atom is -0.465 e. The number of aryl methyl sites for hydroxylation is 1. The molecule has 220 valence electrons. The van der Waals surface area contributed by atoms with Crippen molar-refractivity contribution >= 4 is 49.0 Å². The third-order valence-electron chi connectivity index (χ3n) is 3.62. The molecule has 0 saturated heterocycles. The molecule has 38 heavy (non-hydrogen) atoms. The van der Waals surface area contributed by atoms with Gasteiger partial charge in [-0.1, -0.05) is 12.1 Å². The summed E-state index contributed by atoms with van der Waals surface area (Å²) in [6.45, 7) is 7.16. The number of aromatic nitrogens is 2. The van der Waals surface area contributed by atoms with E-state index in [2.05, 4.69) is 21.5 Å². The number of carbonyl (C=O) groups excluding carboxylic acids is 2. The van der Waals surface area contributed by atoms with Crippen LogP contribution in [0.1, 0.15) is 36.4 Å². The van der Waals surface area contributed by atoms with Crippen LogP contribution in [0.5, 0.6) is 0 Å². The summed E-state index contributed by atoms with van der Waals surface area (Å²) in [5.41, 5.74) is 6.62. The third kappa shape index (κ3) is 22.9. The van der Waals surface area contributed by atoms with Crippen LogP contribution in [0.2, 0.25) is 0 Å². The summed E-state index contributed by atoms with van der Waals surface area (Å²) >= 11 is 7.40. The molecule has 2 aromatic rings. The molecule has 0 aromatic carbocycles. The maximum atomic E-state index is 11.9. The van der Waals surface area contributed by atoms with Gasteiger partial charge < -0.3 is 20.5 Å². The summed E-state index contributed by atoms with van der Waals surface area (Å²) in [6.07, 6.45) is -1.45.